The van der Waals surface area contributed by atoms with Gasteiger partial charge in [0.1, 0.15) is 11.4 Å². The average molecular weight is 476 g/mol. The Kier molecular flexibility index (Phi) is 6.79. The van der Waals surface area contributed by atoms with E-state index >= 15 is 0 Å². The molecule has 0 aliphatic rings. The van der Waals surface area contributed by atoms with Gasteiger partial charge in [-0.25, -0.2) is 8.42 Å². The average Bonchev–Trinajstić information content (AvgIpc) is 3.26. The summed E-state index contributed by atoms with van der Waals surface area (Å²) in [6.45, 7) is 0.791. The van der Waals surface area contributed by atoms with Crippen LogP contribution in [0.3, 0.4) is 0 Å². The van der Waals surface area contributed by atoms with Crippen molar-refractivity contribution in [3.8, 4) is 17.0 Å². The number of hydrogen-bond donors (Lipinski definition) is 1. The molecule has 1 heterocycles. The van der Waals surface area contributed by atoms with E-state index in [0.29, 0.717) is 17.8 Å². The van der Waals surface area contributed by atoms with Crippen LogP contribution in [0, 0.1) is 0 Å². The van der Waals surface area contributed by atoms with E-state index in [1.54, 1.807) is 30.1 Å². The highest BCUT2D eigenvalue weighted by Crippen LogP contribution is 2.25. The van der Waals surface area contributed by atoms with Crippen LogP contribution in [-0.4, -0.2) is 37.5 Å². The highest BCUT2D eigenvalue weighted by atomic mass is 32.2. The van der Waals surface area contributed by atoms with Gasteiger partial charge in [-0.15, -0.1) is 0 Å². The third-order valence-corrected chi connectivity index (χ3v) is 6.49. The standard InChI is InChI=1S/C26H25N3O4S/c1-33-22-12-10-21(11-13-22)25-24(18-29(28-25)17-20-6-4-3-5-7-20)26(30)27-16-19-8-14-23(15-9-19)34(2,31)32/h3-15,18H,16-17H2,1-2H3,(H,27,30). The molecule has 7 nitrogen and oxygen atoms in total. The molecular weight excluding hydrogens is 450 g/mol. The number of ether oxygens (including phenoxy) is 1. The maximum Gasteiger partial charge on any atom is 0.255 e. The van der Waals surface area contributed by atoms with Crippen molar-refractivity contribution in [2.45, 2.75) is 18.0 Å². The van der Waals surface area contributed by atoms with Crippen molar-refractivity contribution in [1.82, 2.24) is 15.1 Å². The zero-order valence-electron chi connectivity index (χ0n) is 18.9. The summed E-state index contributed by atoms with van der Waals surface area (Å²) >= 11 is 0. The molecule has 1 N–H and O–H groups in total. The van der Waals surface area contributed by atoms with E-state index in [-0.39, 0.29) is 17.3 Å². The predicted octanol–water partition coefficient (Wildman–Crippen LogP) is 3.94. The molecule has 1 amide bonds. The van der Waals surface area contributed by atoms with Crippen LogP contribution in [0.1, 0.15) is 21.5 Å². The maximum absolute atomic E-state index is 13.1. The van der Waals surface area contributed by atoms with Crippen molar-refractivity contribution < 1.29 is 17.9 Å². The lowest BCUT2D eigenvalue weighted by atomic mass is 10.1. The van der Waals surface area contributed by atoms with Crippen molar-refractivity contribution in [1.29, 1.82) is 0 Å². The summed E-state index contributed by atoms with van der Waals surface area (Å²) in [5.41, 5.74) is 3.69. The van der Waals surface area contributed by atoms with Gasteiger partial charge >= 0.3 is 0 Å². The molecule has 0 saturated heterocycles. The Morgan fingerprint density at radius 1 is 0.941 bits per heavy atom. The molecule has 0 aliphatic heterocycles. The lowest BCUT2D eigenvalue weighted by molar-refractivity contribution is 0.0951. The Morgan fingerprint density at radius 3 is 2.24 bits per heavy atom. The highest BCUT2D eigenvalue weighted by Gasteiger charge is 2.18. The maximum atomic E-state index is 13.1. The number of hydrogen-bond acceptors (Lipinski definition) is 5. The second-order valence-corrected chi connectivity index (χ2v) is 9.92. The van der Waals surface area contributed by atoms with Gasteiger partial charge in [0.05, 0.1) is 24.1 Å². The SMILES string of the molecule is COc1ccc(-c2nn(Cc3ccccc3)cc2C(=O)NCc2ccc(S(C)(=O)=O)cc2)cc1. The number of nitrogens with zero attached hydrogens (tertiary/aromatic N) is 2. The minimum Gasteiger partial charge on any atom is -0.497 e. The molecule has 0 spiro atoms. The van der Waals surface area contributed by atoms with Crippen LogP contribution in [0.4, 0.5) is 0 Å². The van der Waals surface area contributed by atoms with Crippen LogP contribution in [0.2, 0.25) is 0 Å². The van der Waals surface area contributed by atoms with Gasteiger partial charge in [0.2, 0.25) is 0 Å². The summed E-state index contributed by atoms with van der Waals surface area (Å²) in [5.74, 6) is 0.452. The smallest absolute Gasteiger partial charge is 0.255 e. The largest absolute Gasteiger partial charge is 0.497 e. The normalized spacial score (nSPS) is 11.2. The van der Waals surface area contributed by atoms with Gasteiger partial charge in [-0.05, 0) is 47.5 Å². The lowest BCUT2D eigenvalue weighted by Gasteiger charge is -2.07. The molecule has 0 saturated carbocycles. The molecule has 0 aliphatic carbocycles. The number of carbonyl (C=O) groups excluding carboxylic acids is 1. The molecular formula is C26H25N3O4S. The van der Waals surface area contributed by atoms with E-state index in [4.69, 9.17) is 9.84 Å². The lowest BCUT2D eigenvalue weighted by Crippen LogP contribution is -2.23. The van der Waals surface area contributed by atoms with E-state index < -0.39 is 9.84 Å². The topological polar surface area (TPSA) is 90.3 Å². The fourth-order valence-electron chi connectivity index (χ4n) is 3.53. The first-order valence-corrected chi connectivity index (χ1v) is 12.6. The number of amides is 1. The van der Waals surface area contributed by atoms with Gasteiger partial charge < -0.3 is 10.1 Å². The fraction of sp³-hybridized carbons (Fsp3) is 0.154. The minimum absolute atomic E-state index is 0.242. The second-order valence-electron chi connectivity index (χ2n) is 7.90. The van der Waals surface area contributed by atoms with Gasteiger partial charge in [-0.3, -0.25) is 9.48 Å². The first-order valence-electron chi connectivity index (χ1n) is 10.7. The molecule has 1 aromatic heterocycles. The molecule has 34 heavy (non-hydrogen) atoms. The summed E-state index contributed by atoms with van der Waals surface area (Å²) in [6, 6.07) is 23.8. The van der Waals surface area contributed by atoms with Crippen LogP contribution in [0.5, 0.6) is 5.75 Å². The van der Waals surface area contributed by atoms with Crippen molar-refractivity contribution in [2.24, 2.45) is 0 Å². The van der Waals surface area contributed by atoms with Gasteiger partial charge in [0, 0.05) is 24.6 Å². The number of methoxy groups -OCH3 is 1. The summed E-state index contributed by atoms with van der Waals surface area (Å²) in [5, 5.41) is 7.61. The first-order chi connectivity index (χ1) is 16.3. The summed E-state index contributed by atoms with van der Waals surface area (Å²) < 4.78 is 30.3. The number of benzene rings is 3. The van der Waals surface area contributed by atoms with Crippen LogP contribution >= 0.6 is 0 Å². The highest BCUT2D eigenvalue weighted by molar-refractivity contribution is 7.90. The number of carbonyl (C=O) groups is 1. The number of rotatable bonds is 8. The van der Waals surface area contributed by atoms with Crippen molar-refractivity contribution >= 4 is 15.7 Å². The predicted molar refractivity (Wildman–Crippen MR) is 130 cm³/mol. The Bertz CT molecular complexity index is 1380. The summed E-state index contributed by atoms with van der Waals surface area (Å²) in [4.78, 5) is 13.4. The van der Waals surface area contributed by atoms with Crippen molar-refractivity contribution in [3.05, 3.63) is 102 Å². The molecule has 8 heteroatoms. The minimum atomic E-state index is -3.27. The van der Waals surface area contributed by atoms with E-state index in [1.807, 2.05) is 54.6 Å². The number of sulfone groups is 1. The van der Waals surface area contributed by atoms with Gasteiger partial charge in [-0.1, -0.05) is 42.5 Å². The van der Waals surface area contributed by atoms with Crippen LogP contribution in [0.15, 0.2) is 90.0 Å². The molecule has 0 unspecified atom stereocenters. The summed E-state index contributed by atoms with van der Waals surface area (Å²) in [7, 11) is -1.66. The fourth-order valence-corrected chi connectivity index (χ4v) is 4.16. The van der Waals surface area contributed by atoms with Gasteiger partial charge in [0.15, 0.2) is 9.84 Å². The van der Waals surface area contributed by atoms with Gasteiger partial charge in [-0.2, -0.15) is 5.10 Å². The summed E-state index contributed by atoms with van der Waals surface area (Å²) in [6.07, 6.45) is 2.91. The van der Waals surface area contributed by atoms with Crippen molar-refractivity contribution in [2.75, 3.05) is 13.4 Å². The Balaban J connectivity index is 1.58. The monoisotopic (exact) mass is 475 g/mol. The molecule has 0 fully saturated rings. The van der Waals surface area contributed by atoms with Crippen LogP contribution in [0.25, 0.3) is 11.3 Å². The Hall–Kier alpha value is -3.91. The first kappa shape index (κ1) is 23.3. The van der Waals surface area contributed by atoms with E-state index in [9.17, 15) is 13.2 Å². The molecule has 174 valence electrons. The quantitative estimate of drug-likeness (QED) is 0.417. The van der Waals surface area contributed by atoms with Crippen LogP contribution < -0.4 is 10.1 Å². The molecule has 0 atom stereocenters. The third kappa shape index (κ3) is 5.52. The molecule has 0 bridgehead atoms. The Morgan fingerprint density at radius 2 is 1.62 bits per heavy atom. The number of aromatic nitrogens is 2. The zero-order chi connectivity index (χ0) is 24.1. The van der Waals surface area contributed by atoms with E-state index in [1.165, 1.54) is 12.1 Å². The second kappa shape index (κ2) is 9.93. The molecule has 3 aromatic carbocycles. The Labute approximate surface area is 198 Å². The molecule has 4 rings (SSSR count). The zero-order valence-corrected chi connectivity index (χ0v) is 19.7. The van der Waals surface area contributed by atoms with E-state index in [0.717, 1.165) is 28.7 Å². The molecule has 0 radical (unpaired) electrons. The van der Waals surface area contributed by atoms with Gasteiger partial charge in [0.25, 0.3) is 5.91 Å². The van der Waals surface area contributed by atoms with Crippen LogP contribution in [-0.2, 0) is 22.9 Å². The van der Waals surface area contributed by atoms with Crippen molar-refractivity contribution in [3.63, 3.8) is 0 Å². The van der Waals surface area contributed by atoms with E-state index in [2.05, 4.69) is 5.32 Å². The number of nitrogens with one attached hydrogen (secondary N) is 1. The molecule has 4 aromatic rings. The third-order valence-electron chi connectivity index (χ3n) is 5.36.